The molecule has 0 bridgehead atoms. The molecule has 4 rings (SSSR count). The van der Waals surface area contributed by atoms with E-state index in [1.165, 1.54) is 0 Å². The fourth-order valence-corrected chi connectivity index (χ4v) is 4.61. The molecule has 0 radical (unpaired) electrons. The van der Waals surface area contributed by atoms with Crippen molar-refractivity contribution in [2.45, 2.75) is 37.9 Å². The van der Waals surface area contributed by atoms with Crippen LogP contribution in [0.2, 0.25) is 0 Å². The number of aliphatic carboxylic acids is 1. The number of ether oxygens (including phenoxy) is 5. The number of esters is 1. The summed E-state index contributed by atoms with van der Waals surface area (Å²) in [5.41, 5.74) is 0.809. The highest BCUT2D eigenvalue weighted by Gasteiger charge is 2.53. The lowest BCUT2D eigenvalue weighted by atomic mass is 9.66. The minimum Gasteiger partial charge on any atom is -0.481 e. The Morgan fingerprint density at radius 2 is 1.93 bits per heavy atom. The summed E-state index contributed by atoms with van der Waals surface area (Å²) in [5, 5.41) is 10.0. The fraction of sp³-hybridized carbons (Fsp3) is 0.600. The molecular formula is C20H24O8. The normalized spacial score (nSPS) is 27.7. The molecule has 1 spiro atoms. The molecule has 2 fully saturated rings. The Bertz CT molecular complexity index is 755. The van der Waals surface area contributed by atoms with Crippen LogP contribution in [0, 0.1) is 11.8 Å². The SMILES string of the molecule is CCOC(=O)C[C@H]1CC2(C[C@@H](c3ccc4c(c3)OCO4)[C@@H]1C(=O)O)OCCO2. The van der Waals surface area contributed by atoms with Gasteiger partial charge in [-0.05, 0) is 30.5 Å². The van der Waals surface area contributed by atoms with E-state index < -0.39 is 35.5 Å². The average Bonchev–Trinajstić information content (AvgIpc) is 3.30. The number of carbonyl (C=O) groups is 2. The molecule has 0 amide bonds. The zero-order valence-corrected chi connectivity index (χ0v) is 15.7. The van der Waals surface area contributed by atoms with Crippen LogP contribution in [0.4, 0.5) is 0 Å². The van der Waals surface area contributed by atoms with Crippen LogP contribution in [0.25, 0.3) is 0 Å². The molecule has 1 aromatic rings. The summed E-state index contributed by atoms with van der Waals surface area (Å²) in [5.74, 6) is -2.60. The molecule has 8 nitrogen and oxygen atoms in total. The van der Waals surface area contributed by atoms with Crippen LogP contribution < -0.4 is 9.47 Å². The lowest BCUT2D eigenvalue weighted by molar-refractivity contribution is -0.205. The van der Waals surface area contributed by atoms with Gasteiger partial charge in [0.2, 0.25) is 6.79 Å². The van der Waals surface area contributed by atoms with Crippen LogP contribution in [0.3, 0.4) is 0 Å². The van der Waals surface area contributed by atoms with Crippen LogP contribution in [-0.2, 0) is 23.8 Å². The maximum atomic E-state index is 12.2. The highest BCUT2D eigenvalue weighted by Crippen LogP contribution is 2.51. The Labute approximate surface area is 162 Å². The Balaban J connectivity index is 1.68. The van der Waals surface area contributed by atoms with E-state index in [1.54, 1.807) is 13.0 Å². The van der Waals surface area contributed by atoms with E-state index in [2.05, 4.69) is 0 Å². The molecule has 1 aliphatic carbocycles. The minimum absolute atomic E-state index is 0.0142. The predicted octanol–water partition coefficient (Wildman–Crippen LogP) is 2.31. The number of rotatable bonds is 5. The van der Waals surface area contributed by atoms with Crippen molar-refractivity contribution in [3.63, 3.8) is 0 Å². The number of carbonyl (C=O) groups excluding carboxylic acids is 1. The standard InChI is InChI=1S/C20H24O8/c1-2-24-17(21)8-13-9-20(27-5-6-28-20)10-14(18(13)19(22)23)12-3-4-15-16(7-12)26-11-25-15/h3-4,7,13-14,18H,2,5-6,8-11H2,1H3,(H,22,23)/t13-,14-,18+/m0/s1. The zero-order chi connectivity index (χ0) is 19.7. The molecule has 1 saturated carbocycles. The van der Waals surface area contributed by atoms with Crippen molar-refractivity contribution in [2.75, 3.05) is 26.6 Å². The Morgan fingerprint density at radius 3 is 2.64 bits per heavy atom. The minimum atomic E-state index is -0.940. The maximum Gasteiger partial charge on any atom is 0.307 e. The summed E-state index contributed by atoms with van der Waals surface area (Å²) in [7, 11) is 0. The second kappa shape index (κ2) is 7.60. The van der Waals surface area contributed by atoms with Crippen molar-refractivity contribution in [3.8, 4) is 11.5 Å². The van der Waals surface area contributed by atoms with E-state index in [-0.39, 0.29) is 19.8 Å². The maximum absolute atomic E-state index is 12.2. The first-order valence-electron chi connectivity index (χ1n) is 9.57. The summed E-state index contributed by atoms with van der Waals surface area (Å²) < 4.78 is 27.7. The Kier molecular flexibility index (Phi) is 5.16. The number of hydrogen-bond acceptors (Lipinski definition) is 7. The lowest BCUT2D eigenvalue weighted by Gasteiger charge is -2.44. The monoisotopic (exact) mass is 392 g/mol. The molecular weight excluding hydrogens is 368 g/mol. The highest BCUT2D eigenvalue weighted by atomic mass is 16.7. The molecule has 3 aliphatic rings. The second-order valence-electron chi connectivity index (χ2n) is 7.37. The molecule has 0 aromatic heterocycles. The fourth-order valence-electron chi connectivity index (χ4n) is 4.61. The molecule has 2 aliphatic heterocycles. The van der Waals surface area contributed by atoms with Gasteiger partial charge in [-0.25, -0.2) is 0 Å². The van der Waals surface area contributed by atoms with Crippen LogP contribution in [0.1, 0.15) is 37.7 Å². The van der Waals surface area contributed by atoms with E-state index in [1.807, 2.05) is 12.1 Å². The van der Waals surface area contributed by atoms with Gasteiger partial charge in [0.05, 0.1) is 25.7 Å². The molecule has 1 saturated heterocycles. The van der Waals surface area contributed by atoms with Gasteiger partial charge in [-0.15, -0.1) is 0 Å². The Morgan fingerprint density at radius 1 is 1.18 bits per heavy atom. The first kappa shape index (κ1) is 19.0. The van der Waals surface area contributed by atoms with Gasteiger partial charge in [0.25, 0.3) is 0 Å². The molecule has 1 aromatic carbocycles. The van der Waals surface area contributed by atoms with E-state index in [4.69, 9.17) is 23.7 Å². The average molecular weight is 392 g/mol. The van der Waals surface area contributed by atoms with Crippen molar-refractivity contribution >= 4 is 11.9 Å². The van der Waals surface area contributed by atoms with Gasteiger partial charge >= 0.3 is 11.9 Å². The van der Waals surface area contributed by atoms with E-state index in [0.717, 1.165) is 5.56 Å². The van der Waals surface area contributed by atoms with E-state index in [9.17, 15) is 14.7 Å². The van der Waals surface area contributed by atoms with Crippen LogP contribution in [0.15, 0.2) is 18.2 Å². The molecule has 2 heterocycles. The van der Waals surface area contributed by atoms with Gasteiger partial charge in [-0.1, -0.05) is 6.07 Å². The van der Waals surface area contributed by atoms with Crippen molar-refractivity contribution < 1.29 is 38.4 Å². The van der Waals surface area contributed by atoms with E-state index >= 15 is 0 Å². The third-order valence-electron chi connectivity index (χ3n) is 5.70. The summed E-state index contributed by atoms with van der Waals surface area (Å²) >= 11 is 0. The lowest BCUT2D eigenvalue weighted by Crippen LogP contribution is -2.47. The highest BCUT2D eigenvalue weighted by molar-refractivity contribution is 5.75. The van der Waals surface area contributed by atoms with Gasteiger partial charge in [-0.3, -0.25) is 9.59 Å². The summed E-state index contributed by atoms with van der Waals surface area (Å²) in [6.07, 6.45) is 0.771. The van der Waals surface area contributed by atoms with Gasteiger partial charge in [0.1, 0.15) is 0 Å². The number of fused-ring (bicyclic) bond motifs is 1. The van der Waals surface area contributed by atoms with Crippen molar-refractivity contribution in [1.29, 1.82) is 0 Å². The van der Waals surface area contributed by atoms with Gasteiger partial charge in [-0.2, -0.15) is 0 Å². The smallest absolute Gasteiger partial charge is 0.307 e. The molecule has 8 heteroatoms. The van der Waals surface area contributed by atoms with Crippen LogP contribution >= 0.6 is 0 Å². The molecule has 152 valence electrons. The molecule has 1 N–H and O–H groups in total. The summed E-state index contributed by atoms with van der Waals surface area (Å²) in [6, 6.07) is 5.45. The van der Waals surface area contributed by atoms with Crippen LogP contribution in [-0.4, -0.2) is 49.4 Å². The van der Waals surface area contributed by atoms with Crippen molar-refractivity contribution in [3.05, 3.63) is 23.8 Å². The predicted molar refractivity (Wildman–Crippen MR) is 95.0 cm³/mol. The molecule has 0 unspecified atom stereocenters. The summed E-state index contributed by atoms with van der Waals surface area (Å²) in [6.45, 7) is 3.05. The Hall–Kier alpha value is -2.32. The second-order valence-corrected chi connectivity index (χ2v) is 7.37. The third-order valence-corrected chi connectivity index (χ3v) is 5.70. The topological polar surface area (TPSA) is 101 Å². The number of carboxylic acid groups (broad SMARTS) is 1. The quantitative estimate of drug-likeness (QED) is 0.762. The van der Waals surface area contributed by atoms with Crippen molar-refractivity contribution in [2.24, 2.45) is 11.8 Å². The van der Waals surface area contributed by atoms with Crippen molar-refractivity contribution in [1.82, 2.24) is 0 Å². The first-order valence-corrected chi connectivity index (χ1v) is 9.57. The number of benzene rings is 1. The molecule has 3 atom stereocenters. The zero-order valence-electron chi connectivity index (χ0n) is 15.7. The third kappa shape index (κ3) is 3.54. The summed E-state index contributed by atoms with van der Waals surface area (Å²) in [4.78, 5) is 24.4. The van der Waals surface area contributed by atoms with Gasteiger partial charge in [0, 0.05) is 25.2 Å². The van der Waals surface area contributed by atoms with Crippen LogP contribution in [0.5, 0.6) is 11.5 Å². The van der Waals surface area contributed by atoms with Gasteiger partial charge < -0.3 is 28.8 Å². The largest absolute Gasteiger partial charge is 0.481 e. The number of hydrogen-bond donors (Lipinski definition) is 1. The first-order chi connectivity index (χ1) is 13.5. The van der Waals surface area contributed by atoms with E-state index in [0.29, 0.717) is 37.6 Å². The molecule has 28 heavy (non-hydrogen) atoms. The van der Waals surface area contributed by atoms with Gasteiger partial charge in [0.15, 0.2) is 17.3 Å². The number of carboxylic acids is 1.